The molecule has 0 radical (unpaired) electrons. The van der Waals surface area contributed by atoms with Crippen LogP contribution in [0.4, 0.5) is 4.79 Å². The van der Waals surface area contributed by atoms with Crippen LogP contribution in [-0.4, -0.2) is 22.9 Å². The van der Waals surface area contributed by atoms with Crippen LogP contribution in [0.5, 0.6) is 0 Å². The van der Waals surface area contributed by atoms with Gasteiger partial charge in [0.1, 0.15) is 0 Å². The summed E-state index contributed by atoms with van der Waals surface area (Å²) in [4.78, 5) is 25.5. The quantitative estimate of drug-likeness (QED) is 0.814. The lowest BCUT2D eigenvalue weighted by atomic mass is 10.0. The molecule has 0 aromatic heterocycles. The molecule has 3 amide bonds. The van der Waals surface area contributed by atoms with Crippen LogP contribution in [0.3, 0.4) is 0 Å². The van der Waals surface area contributed by atoms with E-state index in [0.29, 0.717) is 18.0 Å². The van der Waals surface area contributed by atoms with Gasteiger partial charge in [-0.15, -0.1) is 0 Å². The third-order valence-electron chi connectivity index (χ3n) is 3.70. The number of urea groups is 1. The number of benzene rings is 1. The maximum Gasteiger partial charge on any atom is 0.324 e. The van der Waals surface area contributed by atoms with E-state index in [1.807, 2.05) is 12.1 Å². The standard InChI is InChI=1S/C16H21ClN2O2/c1-2-3-4-5-14-10-15(20)19(16(21)18-14)11-12-6-8-13(17)9-7-12/h6-9,14H,2-5,10-11H2,1H3,(H,18,21)/t14-/m1/s1. The molecule has 1 aromatic carbocycles. The maximum absolute atomic E-state index is 12.2. The van der Waals surface area contributed by atoms with E-state index >= 15 is 0 Å². The fourth-order valence-electron chi connectivity index (χ4n) is 2.49. The fourth-order valence-corrected chi connectivity index (χ4v) is 2.61. The molecule has 114 valence electrons. The molecular formula is C16H21ClN2O2. The minimum Gasteiger partial charge on any atom is -0.334 e. The molecule has 4 nitrogen and oxygen atoms in total. The topological polar surface area (TPSA) is 49.4 Å². The first kappa shape index (κ1) is 15.8. The number of unbranched alkanes of at least 4 members (excludes halogenated alkanes) is 2. The van der Waals surface area contributed by atoms with E-state index in [0.717, 1.165) is 31.2 Å². The summed E-state index contributed by atoms with van der Waals surface area (Å²) < 4.78 is 0. The summed E-state index contributed by atoms with van der Waals surface area (Å²) >= 11 is 5.83. The number of halogens is 1. The smallest absolute Gasteiger partial charge is 0.324 e. The van der Waals surface area contributed by atoms with E-state index in [-0.39, 0.29) is 18.0 Å². The summed E-state index contributed by atoms with van der Waals surface area (Å²) in [6, 6.07) is 6.88. The van der Waals surface area contributed by atoms with E-state index in [4.69, 9.17) is 11.6 Å². The summed E-state index contributed by atoms with van der Waals surface area (Å²) in [6.07, 6.45) is 4.58. The molecule has 2 rings (SSSR count). The molecule has 1 heterocycles. The highest BCUT2D eigenvalue weighted by Crippen LogP contribution is 2.17. The van der Waals surface area contributed by atoms with Crippen LogP contribution in [0.2, 0.25) is 5.02 Å². The molecule has 1 aromatic rings. The lowest BCUT2D eigenvalue weighted by molar-refractivity contribution is -0.130. The van der Waals surface area contributed by atoms with Gasteiger partial charge in [0.25, 0.3) is 0 Å². The number of amides is 3. The van der Waals surface area contributed by atoms with E-state index in [9.17, 15) is 9.59 Å². The number of carbonyl (C=O) groups is 2. The van der Waals surface area contributed by atoms with Crippen LogP contribution in [0, 0.1) is 0 Å². The molecule has 0 spiro atoms. The number of imide groups is 1. The van der Waals surface area contributed by atoms with Gasteiger partial charge in [0.05, 0.1) is 6.54 Å². The Kier molecular flexibility index (Phi) is 5.62. The van der Waals surface area contributed by atoms with Crippen molar-refractivity contribution in [2.75, 3.05) is 0 Å². The molecule has 21 heavy (non-hydrogen) atoms. The average Bonchev–Trinajstić information content (AvgIpc) is 2.45. The highest BCUT2D eigenvalue weighted by atomic mass is 35.5. The number of nitrogens with one attached hydrogen (secondary N) is 1. The highest BCUT2D eigenvalue weighted by molar-refractivity contribution is 6.30. The van der Waals surface area contributed by atoms with E-state index in [1.54, 1.807) is 12.1 Å². The van der Waals surface area contributed by atoms with Crippen molar-refractivity contribution >= 4 is 23.5 Å². The van der Waals surface area contributed by atoms with Crippen molar-refractivity contribution in [3.05, 3.63) is 34.9 Å². The second-order valence-corrected chi connectivity index (χ2v) is 5.89. The van der Waals surface area contributed by atoms with Gasteiger partial charge in [-0.2, -0.15) is 0 Å². The molecule has 1 aliphatic rings. The largest absolute Gasteiger partial charge is 0.334 e. The van der Waals surface area contributed by atoms with Gasteiger partial charge >= 0.3 is 6.03 Å². The summed E-state index contributed by atoms with van der Waals surface area (Å²) in [6.45, 7) is 2.43. The molecule has 1 aliphatic heterocycles. The van der Waals surface area contributed by atoms with Crippen molar-refractivity contribution in [3.63, 3.8) is 0 Å². The molecule has 1 saturated heterocycles. The van der Waals surface area contributed by atoms with Gasteiger partial charge in [0.15, 0.2) is 0 Å². The highest BCUT2D eigenvalue weighted by Gasteiger charge is 2.31. The summed E-state index contributed by atoms with van der Waals surface area (Å²) in [5, 5.41) is 3.57. The van der Waals surface area contributed by atoms with Gasteiger partial charge in [-0.25, -0.2) is 4.79 Å². The van der Waals surface area contributed by atoms with Crippen molar-refractivity contribution in [3.8, 4) is 0 Å². The molecule has 5 heteroatoms. The Labute approximate surface area is 130 Å². The van der Waals surface area contributed by atoms with Crippen molar-refractivity contribution in [1.82, 2.24) is 10.2 Å². The van der Waals surface area contributed by atoms with Crippen LogP contribution < -0.4 is 5.32 Å². The number of carbonyl (C=O) groups excluding carboxylic acids is 2. The molecule has 0 unspecified atom stereocenters. The van der Waals surface area contributed by atoms with Crippen molar-refractivity contribution < 1.29 is 9.59 Å². The third-order valence-corrected chi connectivity index (χ3v) is 3.96. The Balaban J connectivity index is 1.92. The van der Waals surface area contributed by atoms with Gasteiger partial charge in [-0.05, 0) is 24.1 Å². The Hall–Kier alpha value is -1.55. The molecule has 1 N–H and O–H groups in total. The average molecular weight is 309 g/mol. The van der Waals surface area contributed by atoms with Crippen LogP contribution in [0.1, 0.15) is 44.6 Å². The zero-order chi connectivity index (χ0) is 15.2. The predicted molar refractivity (Wildman–Crippen MR) is 83.1 cm³/mol. The molecule has 0 bridgehead atoms. The number of nitrogens with zero attached hydrogens (tertiary/aromatic N) is 1. The molecule has 1 fully saturated rings. The second kappa shape index (κ2) is 7.46. The summed E-state index contributed by atoms with van der Waals surface area (Å²) in [5.41, 5.74) is 0.896. The lowest BCUT2D eigenvalue weighted by Gasteiger charge is -2.31. The predicted octanol–water partition coefficient (Wildman–Crippen LogP) is 3.73. The summed E-state index contributed by atoms with van der Waals surface area (Å²) in [7, 11) is 0. The van der Waals surface area contributed by atoms with Crippen molar-refractivity contribution in [2.24, 2.45) is 0 Å². The second-order valence-electron chi connectivity index (χ2n) is 5.45. The van der Waals surface area contributed by atoms with Gasteiger partial charge in [-0.1, -0.05) is 49.9 Å². The zero-order valence-electron chi connectivity index (χ0n) is 12.3. The molecule has 1 atom stereocenters. The summed E-state index contributed by atoms with van der Waals surface area (Å²) in [5.74, 6) is -0.102. The van der Waals surface area contributed by atoms with Crippen LogP contribution in [-0.2, 0) is 11.3 Å². The van der Waals surface area contributed by atoms with Crippen LogP contribution in [0.15, 0.2) is 24.3 Å². The Morgan fingerprint density at radius 3 is 2.57 bits per heavy atom. The third kappa shape index (κ3) is 4.46. The van der Waals surface area contributed by atoms with Gasteiger partial charge < -0.3 is 5.32 Å². The monoisotopic (exact) mass is 308 g/mol. The van der Waals surface area contributed by atoms with Gasteiger partial charge in [0.2, 0.25) is 5.91 Å². The number of hydrogen-bond acceptors (Lipinski definition) is 2. The molecular weight excluding hydrogens is 288 g/mol. The van der Waals surface area contributed by atoms with E-state index in [1.165, 1.54) is 4.90 Å². The lowest BCUT2D eigenvalue weighted by Crippen LogP contribution is -2.54. The number of rotatable bonds is 6. The van der Waals surface area contributed by atoms with Crippen molar-refractivity contribution in [1.29, 1.82) is 0 Å². The van der Waals surface area contributed by atoms with Crippen LogP contribution >= 0.6 is 11.6 Å². The van der Waals surface area contributed by atoms with Gasteiger partial charge in [0, 0.05) is 17.5 Å². The first-order chi connectivity index (χ1) is 10.1. The Bertz CT molecular complexity index is 484. The zero-order valence-corrected chi connectivity index (χ0v) is 13.0. The first-order valence-electron chi connectivity index (χ1n) is 7.45. The van der Waals surface area contributed by atoms with E-state index < -0.39 is 0 Å². The maximum atomic E-state index is 12.2. The number of hydrogen-bond donors (Lipinski definition) is 1. The van der Waals surface area contributed by atoms with Crippen molar-refractivity contribution in [2.45, 2.75) is 51.6 Å². The molecule has 0 saturated carbocycles. The minimum atomic E-state index is -0.289. The Morgan fingerprint density at radius 1 is 1.24 bits per heavy atom. The molecule has 0 aliphatic carbocycles. The SMILES string of the molecule is CCCCC[C@@H]1CC(=O)N(Cc2ccc(Cl)cc2)C(=O)N1. The Morgan fingerprint density at radius 2 is 1.95 bits per heavy atom. The first-order valence-corrected chi connectivity index (χ1v) is 7.83. The van der Waals surface area contributed by atoms with Gasteiger partial charge in [-0.3, -0.25) is 9.69 Å². The normalized spacial score (nSPS) is 18.8. The van der Waals surface area contributed by atoms with Crippen LogP contribution in [0.25, 0.3) is 0 Å². The fraction of sp³-hybridized carbons (Fsp3) is 0.500. The minimum absolute atomic E-state index is 0.0157. The van der Waals surface area contributed by atoms with E-state index in [2.05, 4.69) is 12.2 Å².